The monoisotopic (exact) mass is 292 g/mol. The molecule has 0 saturated carbocycles. The van der Waals surface area contributed by atoms with Crippen molar-refractivity contribution in [3.8, 4) is 6.07 Å². The Morgan fingerprint density at radius 2 is 2.38 bits per heavy atom. The lowest BCUT2D eigenvalue weighted by atomic mass is 9.93. The number of nitrogens with zero attached hydrogens (tertiary/aromatic N) is 3. The van der Waals surface area contributed by atoms with Crippen LogP contribution in [0.1, 0.15) is 20.8 Å². The smallest absolute Gasteiger partial charge is 0.313 e. The third kappa shape index (κ3) is 3.30. The quantitative estimate of drug-likeness (QED) is 0.602. The Morgan fingerprint density at radius 3 is 3.05 bits per heavy atom. The third-order valence-electron chi connectivity index (χ3n) is 4.01. The van der Waals surface area contributed by atoms with Gasteiger partial charge < -0.3 is 19.9 Å². The van der Waals surface area contributed by atoms with Crippen molar-refractivity contribution in [3.63, 3.8) is 0 Å². The van der Waals surface area contributed by atoms with E-state index in [9.17, 15) is 4.79 Å². The molecule has 2 aliphatic rings. The summed E-state index contributed by atoms with van der Waals surface area (Å²) in [4.78, 5) is 16.5. The first-order chi connectivity index (χ1) is 9.99. The molecule has 2 aliphatic heterocycles. The summed E-state index contributed by atoms with van der Waals surface area (Å²) in [6.45, 7) is 10.1. The zero-order chi connectivity index (χ0) is 15.5. The summed E-state index contributed by atoms with van der Waals surface area (Å²) < 4.78 is 5.15. The first-order valence-electron chi connectivity index (χ1n) is 7.49. The topological polar surface area (TPSA) is 68.6 Å². The second kappa shape index (κ2) is 6.35. The predicted molar refractivity (Wildman–Crippen MR) is 79.0 cm³/mol. The van der Waals surface area contributed by atoms with Gasteiger partial charge in [0, 0.05) is 32.7 Å². The number of esters is 1. The first kappa shape index (κ1) is 15.6. The van der Waals surface area contributed by atoms with E-state index in [0.717, 1.165) is 32.0 Å². The van der Waals surface area contributed by atoms with Crippen LogP contribution in [0.25, 0.3) is 0 Å². The van der Waals surface area contributed by atoms with Gasteiger partial charge in [0.1, 0.15) is 5.82 Å². The van der Waals surface area contributed by atoms with Crippen molar-refractivity contribution < 1.29 is 9.53 Å². The van der Waals surface area contributed by atoms with Crippen LogP contribution in [-0.4, -0.2) is 61.1 Å². The van der Waals surface area contributed by atoms with E-state index in [1.54, 1.807) is 6.08 Å². The number of hydrogen-bond acceptors (Lipinski definition) is 6. The molecule has 0 radical (unpaired) electrons. The highest BCUT2D eigenvalue weighted by Crippen LogP contribution is 2.29. The first-order valence-corrected chi connectivity index (χ1v) is 7.49. The Hall–Kier alpha value is -1.74. The van der Waals surface area contributed by atoms with Gasteiger partial charge in [-0.3, -0.25) is 4.79 Å². The fourth-order valence-electron chi connectivity index (χ4n) is 3.00. The molecular weight excluding hydrogens is 268 g/mol. The Balaban J connectivity index is 2.13. The van der Waals surface area contributed by atoms with E-state index in [4.69, 9.17) is 10.00 Å². The number of nitriles is 1. The van der Waals surface area contributed by atoms with Crippen molar-refractivity contribution in [1.82, 2.24) is 15.1 Å². The molecule has 1 N–H and O–H groups in total. The fraction of sp³-hybridized carbons (Fsp3) is 0.733. The van der Waals surface area contributed by atoms with Gasteiger partial charge in [-0.25, -0.2) is 0 Å². The number of piperazine rings is 1. The molecular formula is C15H24N4O2. The lowest BCUT2D eigenvalue weighted by Gasteiger charge is -2.32. The van der Waals surface area contributed by atoms with E-state index < -0.39 is 5.41 Å². The SMILES string of the molecule is CCOC(=O)C(C)(C)CN1CC2CNCCN2/C1=C\C#N. The summed E-state index contributed by atoms with van der Waals surface area (Å²) >= 11 is 0. The van der Waals surface area contributed by atoms with Crippen LogP contribution in [0, 0.1) is 16.7 Å². The van der Waals surface area contributed by atoms with Crippen LogP contribution < -0.4 is 5.32 Å². The van der Waals surface area contributed by atoms with Crippen LogP contribution in [-0.2, 0) is 9.53 Å². The molecule has 2 heterocycles. The summed E-state index contributed by atoms with van der Waals surface area (Å²) in [5.41, 5.74) is -0.591. The molecule has 21 heavy (non-hydrogen) atoms. The van der Waals surface area contributed by atoms with Crippen LogP contribution in [0.3, 0.4) is 0 Å². The van der Waals surface area contributed by atoms with E-state index in [2.05, 4.69) is 21.2 Å². The van der Waals surface area contributed by atoms with Gasteiger partial charge in [0.25, 0.3) is 0 Å². The number of carbonyl (C=O) groups excluding carboxylic acids is 1. The van der Waals surface area contributed by atoms with E-state index in [1.807, 2.05) is 20.8 Å². The van der Waals surface area contributed by atoms with Crippen molar-refractivity contribution in [2.24, 2.45) is 5.41 Å². The average Bonchev–Trinajstić information content (AvgIpc) is 2.77. The van der Waals surface area contributed by atoms with Crippen LogP contribution >= 0.6 is 0 Å². The maximum atomic E-state index is 12.1. The molecule has 0 amide bonds. The standard InChI is InChI=1S/C15H24N4O2/c1-4-21-14(20)15(2,3)11-18-10-12-9-17-7-8-19(12)13(18)5-6-16/h5,12,17H,4,7-11H2,1-3H3/b13-5-. The van der Waals surface area contributed by atoms with Crippen molar-refractivity contribution in [2.75, 3.05) is 39.3 Å². The minimum Gasteiger partial charge on any atom is -0.466 e. The number of hydrogen-bond donors (Lipinski definition) is 1. The number of carbonyl (C=O) groups is 1. The Labute approximate surface area is 126 Å². The molecule has 1 unspecified atom stereocenters. The predicted octanol–water partition coefficient (Wildman–Crippen LogP) is 0.530. The molecule has 0 bridgehead atoms. The lowest BCUT2D eigenvalue weighted by Crippen LogP contribution is -2.48. The summed E-state index contributed by atoms with van der Waals surface area (Å²) in [6.07, 6.45) is 1.59. The second-order valence-electron chi connectivity index (χ2n) is 6.17. The Kier molecular flexibility index (Phi) is 4.73. The highest BCUT2D eigenvalue weighted by Gasteiger charge is 2.40. The van der Waals surface area contributed by atoms with E-state index in [-0.39, 0.29) is 5.97 Å². The van der Waals surface area contributed by atoms with Crippen LogP contribution in [0.5, 0.6) is 0 Å². The summed E-state index contributed by atoms with van der Waals surface area (Å²) in [6, 6.07) is 2.50. The van der Waals surface area contributed by atoms with Gasteiger partial charge in [-0.2, -0.15) is 5.26 Å². The second-order valence-corrected chi connectivity index (χ2v) is 6.17. The van der Waals surface area contributed by atoms with Gasteiger partial charge in [0.2, 0.25) is 0 Å². The fourth-order valence-corrected chi connectivity index (χ4v) is 3.00. The molecule has 2 rings (SSSR count). The maximum absolute atomic E-state index is 12.1. The van der Waals surface area contributed by atoms with Gasteiger partial charge >= 0.3 is 5.97 Å². The molecule has 2 fully saturated rings. The maximum Gasteiger partial charge on any atom is 0.313 e. The lowest BCUT2D eigenvalue weighted by molar-refractivity contribution is -0.154. The zero-order valence-corrected chi connectivity index (χ0v) is 13.1. The van der Waals surface area contributed by atoms with Gasteiger partial charge in [0.15, 0.2) is 0 Å². The van der Waals surface area contributed by atoms with E-state index >= 15 is 0 Å². The van der Waals surface area contributed by atoms with Crippen molar-refractivity contribution >= 4 is 5.97 Å². The molecule has 6 nitrogen and oxygen atoms in total. The van der Waals surface area contributed by atoms with Gasteiger partial charge in [-0.1, -0.05) is 0 Å². The molecule has 1 atom stereocenters. The van der Waals surface area contributed by atoms with E-state index in [1.165, 1.54) is 0 Å². The molecule has 2 saturated heterocycles. The third-order valence-corrected chi connectivity index (χ3v) is 4.01. The molecule has 0 aromatic rings. The average molecular weight is 292 g/mol. The van der Waals surface area contributed by atoms with Crippen LogP contribution in [0.2, 0.25) is 0 Å². The number of ether oxygens (including phenoxy) is 1. The molecule has 0 spiro atoms. The minimum atomic E-state index is -0.591. The Morgan fingerprint density at radius 1 is 1.62 bits per heavy atom. The molecule has 0 aromatic carbocycles. The molecule has 0 aliphatic carbocycles. The number of nitrogens with one attached hydrogen (secondary N) is 1. The van der Waals surface area contributed by atoms with Gasteiger partial charge in [0.05, 0.1) is 30.2 Å². The Bertz CT molecular complexity index is 467. The highest BCUT2D eigenvalue weighted by atomic mass is 16.5. The summed E-state index contributed by atoms with van der Waals surface area (Å²) in [5.74, 6) is 0.741. The molecule has 6 heteroatoms. The number of rotatable bonds is 4. The normalized spacial score (nSPS) is 23.9. The largest absolute Gasteiger partial charge is 0.466 e. The molecule has 0 aromatic heterocycles. The van der Waals surface area contributed by atoms with Crippen molar-refractivity contribution in [2.45, 2.75) is 26.8 Å². The van der Waals surface area contributed by atoms with Gasteiger partial charge in [-0.15, -0.1) is 0 Å². The van der Waals surface area contributed by atoms with Gasteiger partial charge in [-0.05, 0) is 20.8 Å². The van der Waals surface area contributed by atoms with Crippen molar-refractivity contribution in [1.29, 1.82) is 5.26 Å². The van der Waals surface area contributed by atoms with Crippen molar-refractivity contribution in [3.05, 3.63) is 11.9 Å². The zero-order valence-electron chi connectivity index (χ0n) is 13.1. The summed E-state index contributed by atoms with van der Waals surface area (Å²) in [5, 5.41) is 12.4. The number of allylic oxidation sites excluding steroid dienone is 1. The molecule has 116 valence electrons. The van der Waals surface area contributed by atoms with Crippen LogP contribution in [0.15, 0.2) is 11.9 Å². The van der Waals surface area contributed by atoms with E-state index in [0.29, 0.717) is 19.2 Å². The number of fused-ring (bicyclic) bond motifs is 1. The highest BCUT2D eigenvalue weighted by molar-refractivity contribution is 5.76. The minimum absolute atomic E-state index is 0.190. The summed E-state index contributed by atoms with van der Waals surface area (Å²) in [7, 11) is 0. The van der Waals surface area contributed by atoms with Crippen LogP contribution in [0.4, 0.5) is 0 Å².